The lowest BCUT2D eigenvalue weighted by Crippen LogP contribution is -2.09. The minimum Gasteiger partial charge on any atom is -0.504 e. The third-order valence-corrected chi connectivity index (χ3v) is 5.22. The molecule has 7 heteroatoms. The lowest BCUT2D eigenvalue weighted by molar-refractivity contribution is -0.111. The number of ketones is 1. The van der Waals surface area contributed by atoms with E-state index in [1.165, 1.54) is 13.1 Å². The summed E-state index contributed by atoms with van der Waals surface area (Å²) in [6.07, 6.45) is 6.64. The average Bonchev–Trinajstić information content (AvgIpc) is 3.17. The van der Waals surface area contributed by atoms with Crippen LogP contribution in [-0.4, -0.2) is 33.7 Å². The van der Waals surface area contributed by atoms with Crippen molar-refractivity contribution < 1.29 is 9.90 Å². The van der Waals surface area contributed by atoms with Gasteiger partial charge in [-0.3, -0.25) is 9.79 Å². The van der Waals surface area contributed by atoms with Gasteiger partial charge in [0.15, 0.2) is 5.76 Å². The van der Waals surface area contributed by atoms with Crippen molar-refractivity contribution in [1.82, 2.24) is 9.55 Å². The van der Waals surface area contributed by atoms with Crippen molar-refractivity contribution in [3.8, 4) is 0 Å². The molecule has 30 heavy (non-hydrogen) atoms. The largest absolute Gasteiger partial charge is 0.504 e. The maximum Gasteiger partial charge on any atom is 0.237 e. The average molecular weight is 442 g/mol. The molecule has 0 bridgehead atoms. The van der Waals surface area contributed by atoms with Crippen molar-refractivity contribution in [3.63, 3.8) is 0 Å². The number of allylic oxidation sites excluding steroid dienone is 1. The maximum atomic E-state index is 11.7. The topological polar surface area (TPSA) is 67.5 Å². The van der Waals surface area contributed by atoms with E-state index in [-0.39, 0.29) is 5.92 Å². The summed E-state index contributed by atoms with van der Waals surface area (Å²) in [4.78, 5) is 19.6. The number of carbonyl (C=O) groups excluding carboxylic acids is 1. The number of aromatic nitrogens is 2. The van der Waals surface area contributed by atoms with Gasteiger partial charge in [0.1, 0.15) is 5.82 Å². The predicted molar refractivity (Wildman–Crippen MR) is 122 cm³/mol. The van der Waals surface area contributed by atoms with Crippen LogP contribution in [0.25, 0.3) is 6.08 Å². The third-order valence-electron chi connectivity index (χ3n) is 4.72. The highest BCUT2D eigenvalue weighted by Gasteiger charge is 2.16. The van der Waals surface area contributed by atoms with E-state index in [2.05, 4.69) is 9.98 Å². The number of hydrogen-bond donors (Lipinski definition) is 1. The molecule has 0 saturated carbocycles. The number of imidazole rings is 1. The molecule has 0 amide bonds. The summed E-state index contributed by atoms with van der Waals surface area (Å²) in [5, 5.41) is 11.3. The van der Waals surface area contributed by atoms with Crippen LogP contribution >= 0.6 is 23.2 Å². The smallest absolute Gasteiger partial charge is 0.237 e. The van der Waals surface area contributed by atoms with E-state index >= 15 is 0 Å². The number of aliphatic hydroxyl groups excluding tert-OH is 1. The maximum absolute atomic E-state index is 11.7. The second-order valence-electron chi connectivity index (χ2n) is 6.70. The number of aliphatic imine (C=N–C) groups is 1. The fourth-order valence-corrected chi connectivity index (χ4v) is 3.46. The Morgan fingerprint density at radius 2 is 1.67 bits per heavy atom. The molecular weight excluding hydrogens is 421 g/mol. The van der Waals surface area contributed by atoms with Gasteiger partial charge in [0.25, 0.3) is 0 Å². The van der Waals surface area contributed by atoms with Gasteiger partial charge in [0, 0.05) is 48.0 Å². The summed E-state index contributed by atoms with van der Waals surface area (Å²) in [7, 11) is 1.47. The molecule has 1 N–H and O–H groups in total. The quantitative estimate of drug-likeness (QED) is 0.281. The van der Waals surface area contributed by atoms with Gasteiger partial charge in [0.2, 0.25) is 5.78 Å². The SMILES string of the molecule is C/N=C\C(=O)/C(O)=C/c1nccn1CCC(c1ccc(Cl)cc1)c1ccc(Cl)cc1. The van der Waals surface area contributed by atoms with Crippen LogP contribution in [0.2, 0.25) is 10.0 Å². The van der Waals surface area contributed by atoms with Crippen molar-refractivity contribution in [2.24, 2.45) is 4.99 Å². The molecule has 3 rings (SSSR count). The van der Waals surface area contributed by atoms with Crippen LogP contribution in [0.15, 0.2) is 71.7 Å². The molecule has 0 spiro atoms. The van der Waals surface area contributed by atoms with Gasteiger partial charge in [-0.05, 0) is 41.8 Å². The number of rotatable bonds is 8. The van der Waals surface area contributed by atoms with Crippen LogP contribution in [-0.2, 0) is 11.3 Å². The molecule has 0 unspecified atom stereocenters. The minimum atomic E-state index is -0.563. The second-order valence-corrected chi connectivity index (χ2v) is 7.58. The van der Waals surface area contributed by atoms with Gasteiger partial charge in [-0.1, -0.05) is 47.5 Å². The molecular formula is C23H21Cl2N3O2. The van der Waals surface area contributed by atoms with E-state index in [9.17, 15) is 9.90 Å². The molecule has 0 atom stereocenters. The lowest BCUT2D eigenvalue weighted by atomic mass is 9.88. The van der Waals surface area contributed by atoms with Crippen LogP contribution in [0.1, 0.15) is 29.3 Å². The number of benzene rings is 2. The van der Waals surface area contributed by atoms with E-state index in [1.807, 2.05) is 59.3 Å². The summed E-state index contributed by atoms with van der Waals surface area (Å²) < 4.78 is 1.89. The van der Waals surface area contributed by atoms with E-state index in [0.717, 1.165) is 23.8 Å². The summed E-state index contributed by atoms with van der Waals surface area (Å²) >= 11 is 12.1. The van der Waals surface area contributed by atoms with Crippen molar-refractivity contribution in [3.05, 3.63) is 93.7 Å². The standard InChI is InChI=1S/C23H21Cl2N3O2/c1-26-15-22(30)21(29)14-23-27-11-13-28(23)12-10-20(16-2-6-18(24)7-3-16)17-4-8-19(25)9-5-17/h2-9,11,13-15,20,29H,10,12H2,1H3/b21-14-,26-15-. The Labute approximate surface area is 185 Å². The molecule has 0 saturated heterocycles. The zero-order valence-corrected chi connectivity index (χ0v) is 17.9. The predicted octanol–water partition coefficient (Wildman–Crippen LogP) is 5.58. The fraction of sp³-hybridized carbons (Fsp3) is 0.174. The van der Waals surface area contributed by atoms with Crippen LogP contribution < -0.4 is 0 Å². The molecule has 1 aromatic heterocycles. The van der Waals surface area contributed by atoms with Crippen molar-refractivity contribution in [2.75, 3.05) is 7.05 Å². The Kier molecular flexibility index (Phi) is 7.44. The van der Waals surface area contributed by atoms with Crippen LogP contribution in [0.4, 0.5) is 0 Å². The first-order valence-corrected chi connectivity index (χ1v) is 10.1. The number of halogens is 2. The Morgan fingerprint density at radius 1 is 1.10 bits per heavy atom. The molecule has 0 aliphatic rings. The van der Waals surface area contributed by atoms with Crippen molar-refractivity contribution in [1.29, 1.82) is 0 Å². The molecule has 0 fully saturated rings. The van der Waals surface area contributed by atoms with Crippen LogP contribution in [0.5, 0.6) is 0 Å². The second kappa shape index (κ2) is 10.2. The third kappa shape index (κ3) is 5.59. The van der Waals surface area contributed by atoms with Gasteiger partial charge in [-0.25, -0.2) is 4.98 Å². The lowest BCUT2D eigenvalue weighted by Gasteiger charge is -2.19. The zero-order valence-electron chi connectivity index (χ0n) is 16.4. The summed E-state index contributed by atoms with van der Waals surface area (Å²) in [6.45, 7) is 0.630. The summed E-state index contributed by atoms with van der Waals surface area (Å²) in [5.41, 5.74) is 2.27. The molecule has 0 radical (unpaired) electrons. The van der Waals surface area contributed by atoms with E-state index in [1.54, 1.807) is 6.20 Å². The first kappa shape index (κ1) is 21.8. The Hall–Kier alpha value is -2.89. The molecule has 0 aliphatic heterocycles. The first-order valence-electron chi connectivity index (χ1n) is 9.37. The number of carbonyl (C=O) groups is 1. The zero-order chi connectivity index (χ0) is 21.5. The first-order chi connectivity index (χ1) is 14.5. The van der Waals surface area contributed by atoms with E-state index < -0.39 is 11.5 Å². The Morgan fingerprint density at radius 3 is 2.20 bits per heavy atom. The van der Waals surface area contributed by atoms with Crippen LogP contribution in [0.3, 0.4) is 0 Å². The molecule has 0 aliphatic carbocycles. The Balaban J connectivity index is 1.84. The highest BCUT2D eigenvalue weighted by Crippen LogP contribution is 2.30. The summed E-state index contributed by atoms with van der Waals surface area (Å²) in [6, 6.07) is 15.6. The van der Waals surface area contributed by atoms with E-state index in [0.29, 0.717) is 22.4 Å². The number of Topliss-reactive ketones (excluding diaryl/α,β-unsaturated/α-hetero) is 1. The van der Waals surface area contributed by atoms with E-state index in [4.69, 9.17) is 23.2 Å². The fourth-order valence-electron chi connectivity index (χ4n) is 3.21. The van der Waals surface area contributed by atoms with Crippen molar-refractivity contribution in [2.45, 2.75) is 18.9 Å². The van der Waals surface area contributed by atoms with Gasteiger partial charge in [-0.2, -0.15) is 0 Å². The van der Waals surface area contributed by atoms with Gasteiger partial charge in [-0.15, -0.1) is 0 Å². The highest BCUT2D eigenvalue weighted by molar-refractivity contribution is 6.35. The van der Waals surface area contributed by atoms with Gasteiger partial charge < -0.3 is 9.67 Å². The number of aliphatic hydroxyl groups is 1. The minimum absolute atomic E-state index is 0.112. The number of nitrogens with zero attached hydrogens (tertiary/aromatic N) is 3. The van der Waals surface area contributed by atoms with Gasteiger partial charge >= 0.3 is 0 Å². The molecule has 1 heterocycles. The molecule has 2 aromatic carbocycles. The van der Waals surface area contributed by atoms with Gasteiger partial charge in [0.05, 0.1) is 6.21 Å². The van der Waals surface area contributed by atoms with Crippen molar-refractivity contribution >= 4 is 41.3 Å². The Bertz CT molecular complexity index is 1010. The number of aryl methyl sites for hydroxylation is 1. The highest BCUT2D eigenvalue weighted by atomic mass is 35.5. The summed E-state index contributed by atoms with van der Waals surface area (Å²) in [5.74, 6) is -0.357. The van der Waals surface area contributed by atoms with Crippen LogP contribution in [0, 0.1) is 0 Å². The normalized spacial score (nSPS) is 12.1. The monoisotopic (exact) mass is 441 g/mol. The molecule has 5 nitrogen and oxygen atoms in total. The molecule has 154 valence electrons. The number of hydrogen-bond acceptors (Lipinski definition) is 4. The molecule has 3 aromatic rings.